The largest absolute Gasteiger partial charge is 0.416 e. The van der Waals surface area contributed by atoms with E-state index in [1.54, 1.807) is 41.0 Å². The molecule has 2 aliphatic rings. The molecular weight excluding hydrogens is 559 g/mol. The summed E-state index contributed by atoms with van der Waals surface area (Å²) in [6.07, 6.45) is -4.56. The van der Waals surface area contributed by atoms with Crippen molar-refractivity contribution in [3.63, 3.8) is 0 Å². The number of fused-ring (bicyclic) bond motifs is 1. The van der Waals surface area contributed by atoms with Crippen LogP contribution in [0.1, 0.15) is 44.9 Å². The van der Waals surface area contributed by atoms with Gasteiger partial charge in [0.15, 0.2) is 11.5 Å². The summed E-state index contributed by atoms with van der Waals surface area (Å²) in [5, 5.41) is 14.2. The average molecular weight is 588 g/mol. The standard InChI is InChI=1S/C28H29ClF3N7O2/c1-17(21-15-19(29)5-8-22(21)28(30,31)32)39-10-9-33-25-24(39)16-23(35-36-25)26(40)34-20-6-3-18(4-7-20)27(41)38-13-11-37(2)12-14-38/h3-8,15-17H,9-14H2,1-2H3,(H,33,36)(H,34,40)/t17-/m1/s1. The lowest BCUT2D eigenvalue weighted by atomic mass is 9.98. The maximum absolute atomic E-state index is 13.8. The number of carbonyl (C=O) groups is 2. The summed E-state index contributed by atoms with van der Waals surface area (Å²) in [4.78, 5) is 31.6. The number of carbonyl (C=O) groups excluding carboxylic acids is 2. The summed E-state index contributed by atoms with van der Waals surface area (Å²) in [7, 11) is 2.02. The van der Waals surface area contributed by atoms with Crippen LogP contribution in [-0.4, -0.2) is 78.1 Å². The number of anilines is 3. The highest BCUT2D eigenvalue weighted by Gasteiger charge is 2.36. The molecule has 0 unspecified atom stereocenters. The Bertz CT molecular complexity index is 1440. The first-order chi connectivity index (χ1) is 19.5. The highest BCUT2D eigenvalue weighted by Crippen LogP contribution is 2.40. The van der Waals surface area contributed by atoms with Gasteiger partial charge in [0.05, 0.1) is 17.3 Å². The van der Waals surface area contributed by atoms with Crippen molar-refractivity contribution >= 4 is 40.6 Å². The monoisotopic (exact) mass is 587 g/mol. The topological polar surface area (TPSA) is 93.7 Å². The van der Waals surface area contributed by atoms with Crippen LogP contribution in [0.4, 0.5) is 30.4 Å². The van der Waals surface area contributed by atoms with Crippen LogP contribution in [0.15, 0.2) is 48.5 Å². The second kappa shape index (κ2) is 11.5. The van der Waals surface area contributed by atoms with Gasteiger partial charge >= 0.3 is 6.18 Å². The molecule has 0 aliphatic carbocycles. The Labute approximate surface area is 240 Å². The average Bonchev–Trinajstić information content (AvgIpc) is 2.96. The number of hydrogen-bond donors (Lipinski definition) is 2. The van der Waals surface area contributed by atoms with E-state index >= 15 is 0 Å². The molecule has 2 aromatic carbocycles. The Kier molecular flexibility index (Phi) is 8.05. The van der Waals surface area contributed by atoms with E-state index in [4.69, 9.17) is 11.6 Å². The third-order valence-electron chi connectivity index (χ3n) is 7.38. The molecule has 9 nitrogen and oxygen atoms in total. The number of piperazine rings is 1. The third kappa shape index (κ3) is 6.23. The van der Waals surface area contributed by atoms with Gasteiger partial charge in [-0.1, -0.05) is 11.6 Å². The van der Waals surface area contributed by atoms with Crippen LogP contribution in [0.25, 0.3) is 0 Å². The molecule has 1 saturated heterocycles. The molecule has 0 spiro atoms. The van der Waals surface area contributed by atoms with Crippen molar-refractivity contribution in [2.24, 2.45) is 0 Å². The summed E-state index contributed by atoms with van der Waals surface area (Å²) in [5.41, 5.74) is 0.669. The van der Waals surface area contributed by atoms with Crippen LogP contribution < -0.4 is 15.5 Å². The summed E-state index contributed by atoms with van der Waals surface area (Å²) >= 11 is 6.07. The first kappa shape index (κ1) is 28.6. The lowest BCUT2D eigenvalue weighted by molar-refractivity contribution is -0.138. The van der Waals surface area contributed by atoms with Crippen molar-refractivity contribution in [2.75, 3.05) is 61.8 Å². The SMILES string of the molecule is C[C@H](c1cc(Cl)ccc1C(F)(F)F)N1CCNc2nnc(C(=O)Nc3ccc(C(=O)N4CCN(C)CC4)cc3)cc21. The fourth-order valence-electron chi connectivity index (χ4n) is 5.04. The number of amides is 2. The summed E-state index contributed by atoms with van der Waals surface area (Å²) in [6.45, 7) is 5.40. The summed E-state index contributed by atoms with van der Waals surface area (Å²) in [6, 6.07) is 10.9. The van der Waals surface area contributed by atoms with Gasteiger partial charge < -0.3 is 25.3 Å². The van der Waals surface area contributed by atoms with Crippen LogP contribution in [0.5, 0.6) is 0 Å². The van der Waals surface area contributed by atoms with E-state index in [2.05, 4.69) is 25.7 Å². The molecule has 41 heavy (non-hydrogen) atoms. The second-order valence-corrected chi connectivity index (χ2v) is 10.6. The Morgan fingerprint density at radius 1 is 1.00 bits per heavy atom. The minimum absolute atomic E-state index is 0.00983. The van der Waals surface area contributed by atoms with E-state index in [0.29, 0.717) is 48.9 Å². The molecule has 3 aromatic rings. The van der Waals surface area contributed by atoms with E-state index in [-0.39, 0.29) is 22.2 Å². The predicted octanol–water partition coefficient (Wildman–Crippen LogP) is 4.78. The third-order valence-corrected chi connectivity index (χ3v) is 7.61. The molecule has 1 atom stereocenters. The Morgan fingerprint density at radius 2 is 1.71 bits per heavy atom. The zero-order valence-electron chi connectivity index (χ0n) is 22.5. The zero-order chi connectivity index (χ0) is 29.3. The van der Waals surface area contributed by atoms with Crippen molar-refractivity contribution in [3.8, 4) is 0 Å². The van der Waals surface area contributed by atoms with Crippen molar-refractivity contribution < 1.29 is 22.8 Å². The van der Waals surface area contributed by atoms with Gasteiger partial charge in [0.2, 0.25) is 0 Å². The van der Waals surface area contributed by atoms with Gasteiger partial charge in [-0.2, -0.15) is 13.2 Å². The summed E-state index contributed by atoms with van der Waals surface area (Å²) in [5.74, 6) is -0.246. The minimum Gasteiger partial charge on any atom is -0.365 e. The fourth-order valence-corrected chi connectivity index (χ4v) is 5.22. The van der Waals surface area contributed by atoms with Crippen LogP contribution in [0, 0.1) is 0 Å². The van der Waals surface area contributed by atoms with Crippen LogP contribution in [0.2, 0.25) is 5.02 Å². The van der Waals surface area contributed by atoms with E-state index < -0.39 is 23.7 Å². The normalized spacial score (nSPS) is 16.5. The molecule has 3 heterocycles. The number of alkyl halides is 3. The van der Waals surface area contributed by atoms with Crippen molar-refractivity contribution in [2.45, 2.75) is 19.1 Å². The summed E-state index contributed by atoms with van der Waals surface area (Å²) < 4.78 is 41.4. The van der Waals surface area contributed by atoms with Crippen LogP contribution in [0.3, 0.4) is 0 Å². The molecule has 1 aromatic heterocycles. The van der Waals surface area contributed by atoms with E-state index in [1.807, 2.05) is 7.05 Å². The highest BCUT2D eigenvalue weighted by molar-refractivity contribution is 6.30. The molecule has 0 radical (unpaired) electrons. The number of hydrogen-bond acceptors (Lipinski definition) is 7. The molecule has 216 valence electrons. The minimum atomic E-state index is -4.56. The van der Waals surface area contributed by atoms with Gasteiger partial charge in [-0.05, 0) is 68.1 Å². The lowest BCUT2D eigenvalue weighted by Crippen LogP contribution is -2.47. The number of halogens is 4. The molecule has 0 bridgehead atoms. The van der Waals surface area contributed by atoms with Crippen LogP contribution >= 0.6 is 11.6 Å². The van der Waals surface area contributed by atoms with Gasteiger partial charge in [0.25, 0.3) is 11.8 Å². The maximum Gasteiger partial charge on any atom is 0.416 e. The highest BCUT2D eigenvalue weighted by atomic mass is 35.5. The molecule has 1 fully saturated rings. The molecule has 2 N–H and O–H groups in total. The van der Waals surface area contributed by atoms with Crippen molar-refractivity contribution in [1.82, 2.24) is 20.0 Å². The van der Waals surface area contributed by atoms with Crippen molar-refractivity contribution in [3.05, 3.63) is 75.9 Å². The number of rotatable bonds is 5. The number of likely N-dealkylation sites (N-methyl/N-ethyl adjacent to an activating group) is 1. The molecular formula is C28H29ClF3N7O2. The lowest BCUT2D eigenvalue weighted by Gasteiger charge is -2.37. The Balaban J connectivity index is 1.33. The van der Waals surface area contributed by atoms with Gasteiger partial charge in [-0.3, -0.25) is 9.59 Å². The molecule has 2 aliphatic heterocycles. The number of aromatic nitrogens is 2. The van der Waals surface area contributed by atoms with Crippen LogP contribution in [-0.2, 0) is 6.18 Å². The smallest absolute Gasteiger partial charge is 0.365 e. The molecule has 2 amide bonds. The number of nitrogens with zero attached hydrogens (tertiary/aromatic N) is 5. The predicted molar refractivity (Wildman–Crippen MR) is 151 cm³/mol. The van der Waals surface area contributed by atoms with Gasteiger partial charge in [0, 0.05) is 55.5 Å². The van der Waals surface area contributed by atoms with E-state index in [9.17, 15) is 22.8 Å². The number of benzene rings is 2. The molecule has 5 rings (SSSR count). The number of nitrogens with one attached hydrogen (secondary N) is 2. The molecule has 0 saturated carbocycles. The van der Waals surface area contributed by atoms with Gasteiger partial charge in [-0.15, -0.1) is 10.2 Å². The Hall–Kier alpha value is -3.90. The first-order valence-corrected chi connectivity index (χ1v) is 13.5. The Morgan fingerprint density at radius 3 is 2.39 bits per heavy atom. The quantitative estimate of drug-likeness (QED) is 0.444. The van der Waals surface area contributed by atoms with Gasteiger partial charge in [0.1, 0.15) is 0 Å². The maximum atomic E-state index is 13.8. The van der Waals surface area contributed by atoms with Crippen molar-refractivity contribution in [1.29, 1.82) is 0 Å². The first-order valence-electron chi connectivity index (χ1n) is 13.2. The second-order valence-electron chi connectivity index (χ2n) is 10.1. The zero-order valence-corrected chi connectivity index (χ0v) is 23.3. The van der Waals surface area contributed by atoms with E-state index in [1.165, 1.54) is 18.2 Å². The molecule has 13 heteroatoms. The fraction of sp³-hybridized carbons (Fsp3) is 0.357. The van der Waals surface area contributed by atoms with E-state index in [0.717, 1.165) is 19.2 Å². The van der Waals surface area contributed by atoms with Gasteiger partial charge in [-0.25, -0.2) is 0 Å².